The monoisotopic (exact) mass is 207 g/mol. The Bertz CT molecular complexity index is 444. The number of nitrogens with zero attached hydrogens (tertiary/aromatic N) is 2. The van der Waals surface area contributed by atoms with Gasteiger partial charge in [0.2, 0.25) is 5.91 Å². The second-order valence-electron chi connectivity index (χ2n) is 3.30. The molecule has 1 aliphatic heterocycles. The minimum atomic E-state index is -1.06. The molecule has 0 bridgehead atoms. The molecule has 2 rings (SSSR count). The first kappa shape index (κ1) is 9.45. The first-order valence-electron chi connectivity index (χ1n) is 4.32. The van der Waals surface area contributed by atoms with Crippen LogP contribution in [0.1, 0.15) is 10.4 Å². The van der Waals surface area contributed by atoms with Crippen molar-refractivity contribution in [3.63, 3.8) is 0 Å². The second kappa shape index (κ2) is 3.23. The van der Waals surface area contributed by atoms with Gasteiger partial charge >= 0.3 is 5.97 Å². The van der Waals surface area contributed by atoms with Crippen LogP contribution < -0.4 is 10.2 Å². The molecule has 0 saturated heterocycles. The van der Waals surface area contributed by atoms with Crippen molar-refractivity contribution in [3.8, 4) is 0 Å². The van der Waals surface area contributed by atoms with E-state index in [0.29, 0.717) is 11.5 Å². The van der Waals surface area contributed by atoms with Gasteiger partial charge in [0.05, 0.1) is 17.8 Å². The van der Waals surface area contributed by atoms with E-state index in [2.05, 4.69) is 10.3 Å². The summed E-state index contributed by atoms with van der Waals surface area (Å²) < 4.78 is 0. The Hall–Kier alpha value is -2.11. The molecule has 0 atom stereocenters. The normalized spacial score (nSPS) is 14.5. The number of anilines is 2. The zero-order valence-electron chi connectivity index (χ0n) is 8.02. The molecule has 0 fully saturated rings. The van der Waals surface area contributed by atoms with Gasteiger partial charge in [0.15, 0.2) is 5.82 Å². The average Bonchev–Trinajstić information content (AvgIpc) is 2.16. The van der Waals surface area contributed by atoms with Crippen molar-refractivity contribution in [3.05, 3.63) is 17.8 Å². The minimum Gasteiger partial charge on any atom is -0.478 e. The molecule has 1 aromatic rings. The lowest BCUT2D eigenvalue weighted by atomic mass is 10.2. The lowest BCUT2D eigenvalue weighted by Crippen LogP contribution is -2.36. The first-order valence-corrected chi connectivity index (χ1v) is 4.32. The predicted octanol–water partition coefficient (Wildman–Crippen LogP) is 0.168. The average molecular weight is 207 g/mol. The number of carbonyl (C=O) groups excluding carboxylic acids is 1. The second-order valence-corrected chi connectivity index (χ2v) is 3.30. The molecular formula is C9H9N3O3. The Morgan fingerprint density at radius 3 is 3.07 bits per heavy atom. The van der Waals surface area contributed by atoms with Crippen molar-refractivity contribution in [2.24, 2.45) is 0 Å². The first-order chi connectivity index (χ1) is 7.08. The molecule has 0 spiro atoms. The maximum atomic E-state index is 11.2. The molecule has 1 aliphatic rings. The number of hydrogen-bond donors (Lipinski definition) is 2. The fourth-order valence-corrected chi connectivity index (χ4v) is 1.45. The number of aromatic carboxylic acids is 1. The van der Waals surface area contributed by atoms with Gasteiger partial charge in [-0.15, -0.1) is 0 Å². The summed E-state index contributed by atoms with van der Waals surface area (Å²) in [4.78, 5) is 27.5. The molecule has 0 unspecified atom stereocenters. The summed E-state index contributed by atoms with van der Waals surface area (Å²) in [7, 11) is 1.73. The van der Waals surface area contributed by atoms with Crippen LogP contribution in [0, 0.1) is 0 Å². The lowest BCUT2D eigenvalue weighted by molar-refractivity contribution is -0.115. The van der Waals surface area contributed by atoms with Gasteiger partial charge < -0.3 is 15.3 Å². The molecule has 6 nitrogen and oxygen atoms in total. The van der Waals surface area contributed by atoms with E-state index in [4.69, 9.17) is 5.11 Å². The van der Waals surface area contributed by atoms with Crippen molar-refractivity contribution in [2.75, 3.05) is 23.8 Å². The molecule has 1 amide bonds. The molecule has 2 N–H and O–H groups in total. The Morgan fingerprint density at radius 2 is 2.40 bits per heavy atom. The van der Waals surface area contributed by atoms with Crippen LogP contribution in [-0.4, -0.2) is 35.6 Å². The van der Waals surface area contributed by atoms with Crippen LogP contribution in [-0.2, 0) is 4.79 Å². The van der Waals surface area contributed by atoms with Gasteiger partial charge in [-0.25, -0.2) is 9.78 Å². The lowest BCUT2D eigenvalue weighted by Gasteiger charge is -2.25. The van der Waals surface area contributed by atoms with E-state index in [-0.39, 0.29) is 18.0 Å². The summed E-state index contributed by atoms with van der Waals surface area (Å²) in [5.41, 5.74) is 0.498. The molecule has 0 aromatic carbocycles. The number of fused-ring (bicyclic) bond motifs is 1. The maximum Gasteiger partial charge on any atom is 0.337 e. The van der Waals surface area contributed by atoms with E-state index >= 15 is 0 Å². The van der Waals surface area contributed by atoms with Crippen molar-refractivity contribution in [2.45, 2.75) is 0 Å². The minimum absolute atomic E-state index is 0.0596. The molecule has 2 heterocycles. The van der Waals surface area contributed by atoms with Gasteiger partial charge in [-0.05, 0) is 6.07 Å². The number of amides is 1. The van der Waals surface area contributed by atoms with Crippen molar-refractivity contribution >= 4 is 23.4 Å². The molecule has 0 saturated carbocycles. The number of nitrogens with one attached hydrogen (secondary N) is 1. The number of pyridine rings is 1. The third kappa shape index (κ3) is 1.61. The van der Waals surface area contributed by atoms with Crippen LogP contribution in [0.15, 0.2) is 12.3 Å². The van der Waals surface area contributed by atoms with Crippen LogP contribution >= 0.6 is 0 Å². The summed E-state index contributed by atoms with van der Waals surface area (Å²) in [5, 5.41) is 11.3. The fraction of sp³-hybridized carbons (Fsp3) is 0.222. The summed E-state index contributed by atoms with van der Waals surface area (Å²) in [6.07, 6.45) is 1.27. The van der Waals surface area contributed by atoms with Crippen LogP contribution in [0.4, 0.5) is 11.5 Å². The topological polar surface area (TPSA) is 82.5 Å². The van der Waals surface area contributed by atoms with E-state index in [9.17, 15) is 9.59 Å². The maximum absolute atomic E-state index is 11.2. The number of carbonyl (C=O) groups is 2. The Kier molecular flexibility index (Phi) is 2.03. The molecule has 1 aromatic heterocycles. The van der Waals surface area contributed by atoms with E-state index in [1.807, 2.05) is 0 Å². The van der Waals surface area contributed by atoms with Crippen LogP contribution in [0.5, 0.6) is 0 Å². The summed E-state index contributed by atoms with van der Waals surface area (Å²) in [6, 6.07) is 1.40. The Morgan fingerprint density at radius 1 is 1.67 bits per heavy atom. The van der Waals surface area contributed by atoms with E-state index in [0.717, 1.165) is 0 Å². The molecule has 0 aliphatic carbocycles. The summed E-state index contributed by atoms with van der Waals surface area (Å²) in [5.74, 6) is -0.651. The highest BCUT2D eigenvalue weighted by molar-refractivity contribution is 6.01. The highest BCUT2D eigenvalue weighted by Crippen LogP contribution is 2.26. The third-order valence-electron chi connectivity index (χ3n) is 2.13. The molecule has 0 radical (unpaired) electrons. The Labute approximate surface area is 85.5 Å². The summed E-state index contributed by atoms with van der Waals surface area (Å²) >= 11 is 0. The fourth-order valence-electron chi connectivity index (χ4n) is 1.45. The van der Waals surface area contributed by atoms with Gasteiger partial charge in [-0.3, -0.25) is 4.79 Å². The number of aromatic nitrogens is 1. The predicted molar refractivity (Wildman–Crippen MR) is 53.1 cm³/mol. The molecule has 6 heteroatoms. The number of rotatable bonds is 1. The molecular weight excluding hydrogens is 198 g/mol. The standard InChI is InChI=1S/C9H9N3O3/c1-12-4-7(13)11-6-2-5(9(14)15)3-10-8(6)12/h2-3H,4H2,1H3,(H,11,13)(H,14,15). The van der Waals surface area contributed by atoms with E-state index in [1.165, 1.54) is 12.3 Å². The van der Waals surface area contributed by atoms with Crippen LogP contribution in [0.3, 0.4) is 0 Å². The zero-order valence-corrected chi connectivity index (χ0v) is 8.02. The zero-order chi connectivity index (χ0) is 11.0. The van der Waals surface area contributed by atoms with Gasteiger partial charge in [0.25, 0.3) is 0 Å². The summed E-state index contributed by atoms with van der Waals surface area (Å²) in [6.45, 7) is 0.229. The van der Waals surface area contributed by atoms with E-state index < -0.39 is 5.97 Å². The number of likely N-dealkylation sites (N-methyl/N-ethyl adjacent to an activating group) is 1. The molecule has 15 heavy (non-hydrogen) atoms. The molecule has 78 valence electrons. The van der Waals surface area contributed by atoms with Gasteiger partial charge in [0.1, 0.15) is 0 Å². The number of carboxylic acid groups (broad SMARTS) is 1. The quantitative estimate of drug-likeness (QED) is 0.685. The van der Waals surface area contributed by atoms with Crippen LogP contribution in [0.2, 0.25) is 0 Å². The van der Waals surface area contributed by atoms with Gasteiger partial charge in [-0.1, -0.05) is 0 Å². The van der Waals surface area contributed by atoms with Gasteiger partial charge in [0, 0.05) is 13.2 Å². The third-order valence-corrected chi connectivity index (χ3v) is 2.13. The highest BCUT2D eigenvalue weighted by atomic mass is 16.4. The van der Waals surface area contributed by atoms with Crippen molar-refractivity contribution in [1.29, 1.82) is 0 Å². The van der Waals surface area contributed by atoms with Gasteiger partial charge in [-0.2, -0.15) is 0 Å². The highest BCUT2D eigenvalue weighted by Gasteiger charge is 2.21. The van der Waals surface area contributed by atoms with Crippen molar-refractivity contribution < 1.29 is 14.7 Å². The number of hydrogen-bond acceptors (Lipinski definition) is 4. The number of carboxylic acids is 1. The SMILES string of the molecule is CN1CC(=O)Nc2cc(C(=O)O)cnc21. The smallest absolute Gasteiger partial charge is 0.337 e. The largest absolute Gasteiger partial charge is 0.478 e. The van der Waals surface area contributed by atoms with E-state index in [1.54, 1.807) is 11.9 Å². The van der Waals surface area contributed by atoms with Crippen molar-refractivity contribution in [1.82, 2.24) is 4.98 Å². The Balaban J connectivity index is 2.47. The van der Waals surface area contributed by atoms with Crippen LogP contribution in [0.25, 0.3) is 0 Å².